The van der Waals surface area contributed by atoms with Gasteiger partial charge in [-0.3, -0.25) is 9.20 Å². The van der Waals surface area contributed by atoms with Crippen LogP contribution in [0.3, 0.4) is 0 Å². The molecule has 26 heavy (non-hydrogen) atoms. The standard InChI is InChI=1S/C19H20FN3O3/c1-3-16-18(23-12-13(20)4-9-17(23)22-16)19(24)21-10-11-26-15-7-5-14(25-2)6-8-15/h4-9,12H,3,10-11H2,1-2H3,(H,21,24). The van der Waals surface area contributed by atoms with Gasteiger partial charge >= 0.3 is 0 Å². The number of aryl methyl sites for hydroxylation is 1. The number of methoxy groups -OCH3 is 1. The molecule has 2 heterocycles. The number of ether oxygens (including phenoxy) is 2. The third-order valence-electron chi connectivity index (χ3n) is 3.92. The maximum absolute atomic E-state index is 13.5. The summed E-state index contributed by atoms with van der Waals surface area (Å²) in [5.41, 5.74) is 1.53. The van der Waals surface area contributed by atoms with Crippen LogP contribution < -0.4 is 14.8 Å². The molecule has 1 amide bonds. The second-order valence-electron chi connectivity index (χ2n) is 5.62. The van der Waals surface area contributed by atoms with Crippen molar-refractivity contribution in [3.63, 3.8) is 0 Å². The Kier molecular flexibility index (Phi) is 5.36. The molecule has 3 rings (SSSR count). The summed E-state index contributed by atoms with van der Waals surface area (Å²) in [6.45, 7) is 2.53. The number of fused-ring (bicyclic) bond motifs is 1. The fourth-order valence-corrected chi connectivity index (χ4v) is 2.64. The van der Waals surface area contributed by atoms with Gasteiger partial charge in [0.05, 0.1) is 19.3 Å². The summed E-state index contributed by atoms with van der Waals surface area (Å²) in [4.78, 5) is 16.9. The lowest BCUT2D eigenvalue weighted by Gasteiger charge is -2.09. The van der Waals surface area contributed by atoms with Crippen molar-refractivity contribution in [1.82, 2.24) is 14.7 Å². The summed E-state index contributed by atoms with van der Waals surface area (Å²) in [6, 6.07) is 10.1. The summed E-state index contributed by atoms with van der Waals surface area (Å²) >= 11 is 0. The van der Waals surface area contributed by atoms with Crippen LogP contribution in [0.1, 0.15) is 23.1 Å². The van der Waals surface area contributed by atoms with Gasteiger partial charge in [-0.05, 0) is 42.8 Å². The number of nitrogens with zero attached hydrogens (tertiary/aromatic N) is 2. The number of nitrogens with one attached hydrogen (secondary N) is 1. The fraction of sp³-hybridized carbons (Fsp3) is 0.263. The topological polar surface area (TPSA) is 64.9 Å². The summed E-state index contributed by atoms with van der Waals surface area (Å²) in [5.74, 6) is 0.705. The van der Waals surface area contributed by atoms with Crippen LogP contribution in [0.25, 0.3) is 5.65 Å². The first-order chi connectivity index (χ1) is 12.6. The second kappa shape index (κ2) is 7.86. The average molecular weight is 357 g/mol. The predicted molar refractivity (Wildman–Crippen MR) is 95.4 cm³/mol. The van der Waals surface area contributed by atoms with E-state index in [4.69, 9.17) is 9.47 Å². The maximum Gasteiger partial charge on any atom is 0.270 e. The predicted octanol–water partition coefficient (Wildman–Crippen LogP) is 2.85. The molecule has 1 N–H and O–H groups in total. The maximum atomic E-state index is 13.5. The van der Waals surface area contributed by atoms with Crippen molar-refractivity contribution < 1.29 is 18.7 Å². The Morgan fingerprint density at radius 3 is 2.62 bits per heavy atom. The molecule has 0 aliphatic rings. The Balaban J connectivity index is 1.62. The molecular formula is C19H20FN3O3. The van der Waals surface area contributed by atoms with E-state index >= 15 is 0 Å². The first kappa shape index (κ1) is 17.7. The van der Waals surface area contributed by atoms with Crippen molar-refractivity contribution >= 4 is 11.6 Å². The van der Waals surface area contributed by atoms with Crippen LogP contribution in [0.2, 0.25) is 0 Å². The number of hydrogen-bond acceptors (Lipinski definition) is 4. The Labute approximate surface area is 150 Å². The fourth-order valence-electron chi connectivity index (χ4n) is 2.64. The zero-order valence-corrected chi connectivity index (χ0v) is 14.7. The van der Waals surface area contributed by atoms with E-state index in [0.29, 0.717) is 42.4 Å². The van der Waals surface area contributed by atoms with E-state index in [0.717, 1.165) is 5.75 Å². The molecule has 0 atom stereocenters. The smallest absolute Gasteiger partial charge is 0.270 e. The highest BCUT2D eigenvalue weighted by Crippen LogP contribution is 2.17. The molecule has 0 radical (unpaired) electrons. The highest BCUT2D eigenvalue weighted by atomic mass is 19.1. The lowest BCUT2D eigenvalue weighted by atomic mass is 10.2. The van der Waals surface area contributed by atoms with E-state index < -0.39 is 5.82 Å². The van der Waals surface area contributed by atoms with Gasteiger partial charge in [0.15, 0.2) is 0 Å². The van der Waals surface area contributed by atoms with Gasteiger partial charge in [-0.15, -0.1) is 0 Å². The third kappa shape index (κ3) is 3.77. The third-order valence-corrected chi connectivity index (χ3v) is 3.92. The molecule has 0 saturated heterocycles. The summed E-state index contributed by atoms with van der Waals surface area (Å²) < 4.78 is 25.7. The highest BCUT2D eigenvalue weighted by molar-refractivity contribution is 5.94. The number of rotatable bonds is 7. The van der Waals surface area contributed by atoms with Crippen LogP contribution in [0.5, 0.6) is 11.5 Å². The van der Waals surface area contributed by atoms with Gasteiger partial charge < -0.3 is 14.8 Å². The minimum Gasteiger partial charge on any atom is -0.497 e. The molecule has 0 aliphatic carbocycles. The molecule has 1 aromatic carbocycles. The van der Waals surface area contributed by atoms with E-state index in [1.807, 2.05) is 6.92 Å². The van der Waals surface area contributed by atoms with Crippen LogP contribution in [-0.2, 0) is 6.42 Å². The van der Waals surface area contributed by atoms with Gasteiger partial charge in [-0.25, -0.2) is 9.37 Å². The van der Waals surface area contributed by atoms with Gasteiger partial charge in [-0.1, -0.05) is 6.92 Å². The largest absolute Gasteiger partial charge is 0.497 e. The van der Waals surface area contributed by atoms with Gasteiger partial charge in [0, 0.05) is 6.20 Å². The average Bonchev–Trinajstić information content (AvgIpc) is 3.03. The first-order valence-corrected chi connectivity index (χ1v) is 8.34. The van der Waals surface area contributed by atoms with Crippen molar-refractivity contribution in [1.29, 1.82) is 0 Å². The number of pyridine rings is 1. The van der Waals surface area contributed by atoms with Crippen LogP contribution >= 0.6 is 0 Å². The minimum absolute atomic E-state index is 0.307. The molecule has 7 heteroatoms. The van der Waals surface area contributed by atoms with Crippen LogP contribution in [0.15, 0.2) is 42.6 Å². The normalized spacial score (nSPS) is 10.7. The number of aromatic nitrogens is 2. The molecule has 0 fully saturated rings. The number of carbonyl (C=O) groups excluding carboxylic acids is 1. The van der Waals surface area contributed by atoms with E-state index in [1.165, 1.54) is 16.7 Å². The van der Waals surface area contributed by atoms with Gasteiger partial charge in [0.25, 0.3) is 5.91 Å². The van der Waals surface area contributed by atoms with Crippen molar-refractivity contribution in [2.24, 2.45) is 0 Å². The van der Waals surface area contributed by atoms with Gasteiger partial charge in [-0.2, -0.15) is 0 Å². The molecule has 136 valence electrons. The lowest BCUT2D eigenvalue weighted by Crippen LogP contribution is -2.29. The summed E-state index contributed by atoms with van der Waals surface area (Å²) in [7, 11) is 1.60. The Hall–Kier alpha value is -3.09. The van der Waals surface area contributed by atoms with Crippen molar-refractivity contribution in [2.75, 3.05) is 20.3 Å². The molecule has 0 bridgehead atoms. The molecular weight excluding hydrogens is 337 g/mol. The van der Waals surface area contributed by atoms with Crippen LogP contribution in [-0.4, -0.2) is 35.6 Å². The number of hydrogen-bond donors (Lipinski definition) is 1. The van der Waals surface area contributed by atoms with Crippen molar-refractivity contribution in [2.45, 2.75) is 13.3 Å². The van der Waals surface area contributed by atoms with Crippen LogP contribution in [0.4, 0.5) is 4.39 Å². The number of halogens is 1. The highest BCUT2D eigenvalue weighted by Gasteiger charge is 2.18. The van der Waals surface area contributed by atoms with E-state index in [2.05, 4.69) is 10.3 Å². The number of amides is 1. The lowest BCUT2D eigenvalue weighted by molar-refractivity contribution is 0.0940. The number of benzene rings is 1. The second-order valence-corrected chi connectivity index (χ2v) is 5.62. The minimum atomic E-state index is -0.422. The molecule has 0 spiro atoms. The monoisotopic (exact) mass is 357 g/mol. The molecule has 2 aromatic heterocycles. The Morgan fingerprint density at radius 1 is 1.19 bits per heavy atom. The molecule has 3 aromatic rings. The quantitative estimate of drug-likeness (QED) is 0.661. The summed E-state index contributed by atoms with van der Waals surface area (Å²) in [6.07, 6.45) is 1.85. The van der Waals surface area contributed by atoms with E-state index in [1.54, 1.807) is 37.4 Å². The molecule has 0 aliphatic heterocycles. The van der Waals surface area contributed by atoms with E-state index in [-0.39, 0.29) is 5.91 Å². The number of imidazole rings is 1. The van der Waals surface area contributed by atoms with Gasteiger partial charge in [0.1, 0.15) is 35.3 Å². The zero-order chi connectivity index (χ0) is 18.5. The molecule has 6 nitrogen and oxygen atoms in total. The van der Waals surface area contributed by atoms with Gasteiger partial charge in [0.2, 0.25) is 0 Å². The molecule has 0 saturated carbocycles. The van der Waals surface area contributed by atoms with Crippen LogP contribution in [0, 0.1) is 5.82 Å². The SMILES string of the molecule is CCc1nc2ccc(F)cn2c1C(=O)NCCOc1ccc(OC)cc1. The Bertz CT molecular complexity index is 906. The van der Waals surface area contributed by atoms with E-state index in [9.17, 15) is 9.18 Å². The first-order valence-electron chi connectivity index (χ1n) is 8.34. The van der Waals surface area contributed by atoms with Crippen molar-refractivity contribution in [3.8, 4) is 11.5 Å². The zero-order valence-electron chi connectivity index (χ0n) is 14.7. The Morgan fingerprint density at radius 2 is 1.92 bits per heavy atom. The number of carbonyl (C=O) groups is 1. The summed E-state index contributed by atoms with van der Waals surface area (Å²) in [5, 5.41) is 2.79. The molecule has 0 unspecified atom stereocenters. The van der Waals surface area contributed by atoms with Crippen molar-refractivity contribution in [3.05, 3.63) is 59.8 Å².